The maximum atomic E-state index is 8.97. The monoisotopic (exact) mass is 297 g/mol. The summed E-state index contributed by atoms with van der Waals surface area (Å²) >= 11 is 6.13. The van der Waals surface area contributed by atoms with Gasteiger partial charge in [-0.05, 0) is 37.6 Å². The topological polar surface area (TPSA) is 80.5 Å². The van der Waals surface area contributed by atoms with Crippen molar-refractivity contribution in [2.24, 2.45) is 0 Å². The van der Waals surface area contributed by atoms with Gasteiger partial charge in [0.1, 0.15) is 18.2 Å². The predicted molar refractivity (Wildman–Crippen MR) is 82.5 cm³/mol. The van der Waals surface area contributed by atoms with Crippen molar-refractivity contribution >= 4 is 28.5 Å². The molecule has 5 nitrogen and oxygen atoms in total. The number of nitrogens with two attached hydrogens (primary N) is 1. The molecule has 2 N–H and O–H groups in total. The third-order valence-electron chi connectivity index (χ3n) is 3.65. The highest BCUT2D eigenvalue weighted by Crippen LogP contribution is 2.31. The molecule has 2 heterocycles. The van der Waals surface area contributed by atoms with E-state index >= 15 is 0 Å². The average Bonchev–Trinajstić information content (AvgIpc) is 2.72. The summed E-state index contributed by atoms with van der Waals surface area (Å²) in [6, 6.07) is 7.35. The Hall–Kier alpha value is -2.58. The summed E-state index contributed by atoms with van der Waals surface area (Å²) in [5.74, 6) is 0.457. The van der Waals surface area contributed by atoms with Crippen LogP contribution >= 0.6 is 11.6 Å². The fourth-order valence-electron chi connectivity index (χ4n) is 2.48. The second-order valence-electron chi connectivity index (χ2n) is 4.78. The lowest BCUT2D eigenvalue weighted by atomic mass is 10.2. The minimum Gasteiger partial charge on any atom is -0.383 e. The molecule has 0 aliphatic carbocycles. The molecule has 1 aromatic carbocycles. The van der Waals surface area contributed by atoms with Gasteiger partial charge >= 0.3 is 0 Å². The van der Waals surface area contributed by atoms with Crippen LogP contribution in [-0.4, -0.2) is 14.5 Å². The van der Waals surface area contributed by atoms with Crippen molar-refractivity contribution in [3.8, 4) is 11.8 Å². The molecule has 0 radical (unpaired) electrons. The maximum absolute atomic E-state index is 8.97. The van der Waals surface area contributed by atoms with E-state index in [2.05, 4.69) is 16.0 Å². The van der Waals surface area contributed by atoms with Crippen LogP contribution in [0, 0.1) is 25.2 Å². The maximum Gasteiger partial charge on any atom is 0.150 e. The van der Waals surface area contributed by atoms with Crippen LogP contribution in [0.2, 0.25) is 5.02 Å². The van der Waals surface area contributed by atoms with Crippen LogP contribution in [0.25, 0.3) is 16.7 Å². The van der Waals surface area contributed by atoms with E-state index in [1.165, 1.54) is 6.33 Å². The smallest absolute Gasteiger partial charge is 0.150 e. The summed E-state index contributed by atoms with van der Waals surface area (Å²) in [5.41, 5.74) is 10.0. The third kappa shape index (κ3) is 1.92. The van der Waals surface area contributed by atoms with E-state index in [9.17, 15) is 0 Å². The number of aryl methyl sites for hydroxylation is 1. The molecule has 0 fully saturated rings. The number of rotatable bonds is 1. The van der Waals surface area contributed by atoms with E-state index < -0.39 is 0 Å². The number of nitrogens with zero attached hydrogens (tertiary/aromatic N) is 4. The Balaban J connectivity index is 2.36. The third-order valence-corrected chi connectivity index (χ3v) is 3.97. The van der Waals surface area contributed by atoms with Crippen LogP contribution in [0.15, 0.2) is 24.5 Å². The molecular formula is C15H12ClN5. The molecule has 0 atom stereocenters. The largest absolute Gasteiger partial charge is 0.383 e. The standard InChI is InChI=1S/C15H12ClN5/c1-8-9(2)21(15-13(8)14(18)19-7-20-15)11-4-3-10(6-17)12(16)5-11/h3-5,7H,1-2H3,(H2,18,19,20). The molecule has 3 rings (SSSR count). The van der Waals surface area contributed by atoms with Gasteiger partial charge in [-0.15, -0.1) is 0 Å². The second-order valence-corrected chi connectivity index (χ2v) is 5.19. The van der Waals surface area contributed by atoms with Gasteiger partial charge in [-0.25, -0.2) is 9.97 Å². The van der Waals surface area contributed by atoms with Gasteiger partial charge in [-0.3, -0.25) is 4.57 Å². The van der Waals surface area contributed by atoms with Gasteiger partial charge in [0, 0.05) is 11.4 Å². The van der Waals surface area contributed by atoms with E-state index in [1.54, 1.807) is 12.1 Å². The zero-order valence-corrected chi connectivity index (χ0v) is 12.3. The lowest BCUT2D eigenvalue weighted by Gasteiger charge is -2.09. The number of benzene rings is 1. The van der Waals surface area contributed by atoms with Crippen LogP contribution in [-0.2, 0) is 0 Å². The van der Waals surface area contributed by atoms with Crippen LogP contribution in [0.1, 0.15) is 16.8 Å². The highest BCUT2D eigenvalue weighted by molar-refractivity contribution is 6.31. The molecule has 0 amide bonds. The highest BCUT2D eigenvalue weighted by atomic mass is 35.5. The first-order chi connectivity index (χ1) is 10.0. The summed E-state index contributed by atoms with van der Waals surface area (Å²) in [4.78, 5) is 8.38. The van der Waals surface area contributed by atoms with Crippen molar-refractivity contribution in [1.29, 1.82) is 5.26 Å². The highest BCUT2D eigenvalue weighted by Gasteiger charge is 2.16. The fraction of sp³-hybridized carbons (Fsp3) is 0.133. The first-order valence-corrected chi connectivity index (χ1v) is 6.70. The van der Waals surface area contributed by atoms with Gasteiger partial charge in [-0.2, -0.15) is 5.26 Å². The van der Waals surface area contributed by atoms with Crippen molar-refractivity contribution in [1.82, 2.24) is 14.5 Å². The second kappa shape index (κ2) is 4.76. The van der Waals surface area contributed by atoms with Crippen LogP contribution in [0.4, 0.5) is 5.82 Å². The van der Waals surface area contributed by atoms with Crippen molar-refractivity contribution in [3.63, 3.8) is 0 Å². The van der Waals surface area contributed by atoms with Gasteiger partial charge in [0.2, 0.25) is 0 Å². The number of fused-ring (bicyclic) bond motifs is 1. The van der Waals surface area contributed by atoms with Crippen molar-refractivity contribution in [2.75, 3.05) is 5.73 Å². The molecule has 0 spiro atoms. The first-order valence-electron chi connectivity index (χ1n) is 6.32. The number of halogens is 1. The molecule has 2 aromatic heterocycles. The predicted octanol–water partition coefficient (Wildman–Crippen LogP) is 3.14. The van der Waals surface area contributed by atoms with E-state index in [0.29, 0.717) is 16.4 Å². The molecule has 0 saturated heterocycles. The summed E-state index contributed by atoms with van der Waals surface area (Å²) in [5, 5.41) is 10.2. The van der Waals surface area contributed by atoms with E-state index in [-0.39, 0.29) is 0 Å². The number of anilines is 1. The zero-order valence-electron chi connectivity index (χ0n) is 11.6. The summed E-state index contributed by atoms with van der Waals surface area (Å²) in [6.45, 7) is 3.97. The fourth-order valence-corrected chi connectivity index (χ4v) is 2.69. The Bertz CT molecular complexity index is 905. The van der Waals surface area contributed by atoms with Gasteiger partial charge in [-0.1, -0.05) is 11.6 Å². The minimum atomic E-state index is 0.413. The zero-order chi connectivity index (χ0) is 15.1. The van der Waals surface area contributed by atoms with E-state index in [0.717, 1.165) is 28.0 Å². The summed E-state index contributed by atoms with van der Waals surface area (Å²) in [6.07, 6.45) is 1.44. The van der Waals surface area contributed by atoms with Crippen molar-refractivity contribution in [2.45, 2.75) is 13.8 Å². The quantitative estimate of drug-likeness (QED) is 0.748. The van der Waals surface area contributed by atoms with Gasteiger partial charge in [0.25, 0.3) is 0 Å². The van der Waals surface area contributed by atoms with Crippen LogP contribution in [0.3, 0.4) is 0 Å². The van der Waals surface area contributed by atoms with E-state index in [1.807, 2.05) is 24.5 Å². The normalized spacial score (nSPS) is 10.8. The lowest BCUT2D eigenvalue weighted by Crippen LogP contribution is -1.99. The minimum absolute atomic E-state index is 0.413. The molecule has 0 aliphatic heterocycles. The average molecular weight is 298 g/mol. The number of nitrogen functional groups attached to an aromatic ring is 1. The summed E-state index contributed by atoms with van der Waals surface area (Å²) in [7, 11) is 0. The van der Waals surface area contributed by atoms with Crippen molar-refractivity contribution < 1.29 is 0 Å². The Morgan fingerprint density at radius 3 is 2.71 bits per heavy atom. The molecule has 0 aliphatic rings. The number of nitriles is 1. The number of hydrogen-bond donors (Lipinski definition) is 1. The van der Waals surface area contributed by atoms with E-state index in [4.69, 9.17) is 22.6 Å². The molecule has 3 aromatic rings. The van der Waals surface area contributed by atoms with Crippen LogP contribution in [0.5, 0.6) is 0 Å². The lowest BCUT2D eigenvalue weighted by molar-refractivity contribution is 1.01. The first kappa shape index (κ1) is 13.4. The Kier molecular flexibility index (Phi) is 3.04. The Morgan fingerprint density at radius 1 is 1.29 bits per heavy atom. The van der Waals surface area contributed by atoms with Crippen LogP contribution < -0.4 is 5.73 Å². The van der Waals surface area contributed by atoms with Gasteiger partial charge in [0.05, 0.1) is 16.0 Å². The number of aromatic nitrogens is 3. The Morgan fingerprint density at radius 2 is 2.05 bits per heavy atom. The number of hydrogen-bond acceptors (Lipinski definition) is 4. The SMILES string of the molecule is Cc1c(C)n(-c2ccc(C#N)c(Cl)c2)c2ncnc(N)c12. The summed E-state index contributed by atoms with van der Waals surface area (Å²) < 4.78 is 1.97. The molecule has 0 saturated carbocycles. The molecule has 0 bridgehead atoms. The molecule has 21 heavy (non-hydrogen) atoms. The molecule has 6 heteroatoms. The van der Waals surface area contributed by atoms with Gasteiger partial charge < -0.3 is 5.73 Å². The van der Waals surface area contributed by atoms with Crippen molar-refractivity contribution in [3.05, 3.63) is 46.4 Å². The van der Waals surface area contributed by atoms with Gasteiger partial charge in [0.15, 0.2) is 5.65 Å². The molecular weight excluding hydrogens is 286 g/mol. The molecule has 104 valence electrons. The Labute approximate surface area is 126 Å². The molecule has 0 unspecified atom stereocenters.